The van der Waals surface area contributed by atoms with Gasteiger partial charge < -0.3 is 14.4 Å². The Hall–Kier alpha value is -1.88. The van der Waals surface area contributed by atoms with Crippen LogP contribution in [0.3, 0.4) is 0 Å². The van der Waals surface area contributed by atoms with Crippen molar-refractivity contribution in [3.05, 3.63) is 23.8 Å². The number of methoxy groups -OCH3 is 2. The third-order valence-electron chi connectivity index (χ3n) is 5.38. The predicted octanol–water partition coefficient (Wildman–Crippen LogP) is 0.922. The number of hydrogen-bond acceptors (Lipinski definition) is 7. The Kier molecular flexibility index (Phi) is 6.99. The summed E-state index contributed by atoms with van der Waals surface area (Å²) in [5, 5.41) is 0.777. The van der Waals surface area contributed by atoms with E-state index in [0.29, 0.717) is 30.9 Å². The molecule has 2 aliphatic rings. The van der Waals surface area contributed by atoms with Crippen LogP contribution in [-0.4, -0.2) is 77.0 Å². The summed E-state index contributed by atoms with van der Waals surface area (Å²) in [5.41, 5.74) is 0.735. The number of hydroxylamine groups is 2. The standard InChI is InChI=1S/C19H29N3O6S/c1-21-19(14-10-15(26-2)12-16(11-14)27-3)17(13-28-21)29(24,25)20-7-5-9-22-8-4-6-18(22)23/h10-12,17,19-20H,4-9,13H2,1-3H3. The molecule has 1 aromatic rings. The zero-order valence-corrected chi connectivity index (χ0v) is 17.9. The number of nitrogens with zero attached hydrogens (tertiary/aromatic N) is 2. The highest BCUT2D eigenvalue weighted by Gasteiger charge is 2.43. The lowest BCUT2D eigenvalue weighted by Gasteiger charge is -2.24. The lowest BCUT2D eigenvalue weighted by Crippen LogP contribution is -2.40. The lowest BCUT2D eigenvalue weighted by molar-refractivity contribution is -0.127. The van der Waals surface area contributed by atoms with Crippen LogP contribution >= 0.6 is 0 Å². The van der Waals surface area contributed by atoms with Gasteiger partial charge in [0.1, 0.15) is 16.7 Å². The Morgan fingerprint density at radius 1 is 1.21 bits per heavy atom. The molecule has 0 saturated carbocycles. The summed E-state index contributed by atoms with van der Waals surface area (Å²) in [5.74, 6) is 1.31. The SMILES string of the molecule is COc1cc(OC)cc(C2C(S(=O)(=O)NCCCN3CCCC3=O)CON2C)c1. The van der Waals surface area contributed by atoms with E-state index in [2.05, 4.69) is 4.72 Å². The summed E-state index contributed by atoms with van der Waals surface area (Å²) in [4.78, 5) is 19.0. The average Bonchev–Trinajstić information content (AvgIpc) is 3.30. The molecular formula is C19H29N3O6S. The van der Waals surface area contributed by atoms with Gasteiger partial charge in [0.15, 0.2) is 0 Å². The van der Waals surface area contributed by atoms with Gasteiger partial charge in [0, 0.05) is 39.2 Å². The molecule has 9 nitrogen and oxygen atoms in total. The molecule has 2 fully saturated rings. The number of rotatable bonds is 9. The summed E-state index contributed by atoms with van der Waals surface area (Å²) in [6, 6.07) is 4.82. The molecule has 2 unspecified atom stereocenters. The van der Waals surface area contributed by atoms with Crippen molar-refractivity contribution in [2.45, 2.75) is 30.6 Å². The number of benzene rings is 1. The van der Waals surface area contributed by atoms with Gasteiger partial charge in [-0.25, -0.2) is 13.1 Å². The normalized spacial score (nSPS) is 23.0. The number of likely N-dealkylation sites (tertiary alicyclic amines) is 1. The van der Waals surface area contributed by atoms with Gasteiger partial charge >= 0.3 is 0 Å². The van der Waals surface area contributed by atoms with Gasteiger partial charge in [-0.1, -0.05) is 0 Å². The van der Waals surface area contributed by atoms with Gasteiger partial charge in [-0.15, -0.1) is 0 Å². The lowest BCUT2D eigenvalue weighted by atomic mass is 10.0. The van der Waals surface area contributed by atoms with Crippen LogP contribution in [0.2, 0.25) is 0 Å². The fourth-order valence-electron chi connectivity index (χ4n) is 3.81. The summed E-state index contributed by atoms with van der Waals surface area (Å²) >= 11 is 0. The Morgan fingerprint density at radius 2 is 1.90 bits per heavy atom. The predicted molar refractivity (Wildman–Crippen MR) is 107 cm³/mol. The molecule has 1 N–H and O–H groups in total. The zero-order chi connectivity index (χ0) is 21.0. The second kappa shape index (κ2) is 9.29. The average molecular weight is 428 g/mol. The number of amides is 1. The molecule has 0 bridgehead atoms. The molecule has 2 saturated heterocycles. The maximum Gasteiger partial charge on any atom is 0.222 e. The molecule has 2 atom stereocenters. The van der Waals surface area contributed by atoms with E-state index in [1.165, 1.54) is 0 Å². The van der Waals surface area contributed by atoms with E-state index in [1.807, 2.05) is 0 Å². The van der Waals surface area contributed by atoms with Crippen LogP contribution in [0.5, 0.6) is 11.5 Å². The monoisotopic (exact) mass is 427 g/mol. The first-order valence-electron chi connectivity index (χ1n) is 9.70. The van der Waals surface area contributed by atoms with Crippen molar-refractivity contribution < 1.29 is 27.5 Å². The van der Waals surface area contributed by atoms with Crippen LogP contribution < -0.4 is 14.2 Å². The van der Waals surface area contributed by atoms with E-state index in [-0.39, 0.29) is 19.1 Å². The largest absolute Gasteiger partial charge is 0.497 e. The summed E-state index contributed by atoms with van der Waals surface area (Å²) in [7, 11) is 1.17. The molecule has 0 aliphatic carbocycles. The number of carbonyl (C=O) groups excluding carboxylic acids is 1. The molecule has 2 heterocycles. The first kappa shape index (κ1) is 21.8. The summed E-state index contributed by atoms with van der Waals surface area (Å²) < 4.78 is 39.3. The zero-order valence-electron chi connectivity index (χ0n) is 17.1. The third kappa shape index (κ3) is 5.00. The van der Waals surface area contributed by atoms with Crippen molar-refractivity contribution in [3.63, 3.8) is 0 Å². The van der Waals surface area contributed by atoms with Crippen molar-refractivity contribution in [1.29, 1.82) is 0 Å². The molecular weight excluding hydrogens is 398 g/mol. The second-order valence-corrected chi connectivity index (χ2v) is 9.23. The highest BCUT2D eigenvalue weighted by molar-refractivity contribution is 7.90. The van der Waals surface area contributed by atoms with Crippen LogP contribution in [0.25, 0.3) is 0 Å². The van der Waals surface area contributed by atoms with E-state index in [4.69, 9.17) is 14.3 Å². The topological polar surface area (TPSA) is 97.4 Å². The molecule has 10 heteroatoms. The molecule has 162 valence electrons. The van der Waals surface area contributed by atoms with Crippen LogP contribution in [0, 0.1) is 0 Å². The number of carbonyl (C=O) groups is 1. The van der Waals surface area contributed by atoms with Crippen LogP contribution in [0.15, 0.2) is 18.2 Å². The molecule has 2 aliphatic heterocycles. The summed E-state index contributed by atoms with van der Waals surface area (Å²) in [6.45, 7) is 1.66. The Morgan fingerprint density at radius 3 is 2.48 bits per heavy atom. The quantitative estimate of drug-likeness (QED) is 0.586. The van der Waals surface area contributed by atoms with Crippen molar-refractivity contribution >= 4 is 15.9 Å². The molecule has 1 amide bonds. The van der Waals surface area contributed by atoms with E-state index in [9.17, 15) is 13.2 Å². The Balaban J connectivity index is 1.68. The fourth-order valence-corrected chi connectivity index (χ4v) is 5.36. The first-order valence-corrected chi connectivity index (χ1v) is 11.3. The van der Waals surface area contributed by atoms with E-state index < -0.39 is 21.3 Å². The number of ether oxygens (including phenoxy) is 2. The minimum Gasteiger partial charge on any atom is -0.497 e. The fraction of sp³-hybridized carbons (Fsp3) is 0.632. The highest BCUT2D eigenvalue weighted by atomic mass is 32.2. The number of hydrogen-bond donors (Lipinski definition) is 1. The van der Waals surface area contributed by atoms with Gasteiger partial charge in [0.2, 0.25) is 15.9 Å². The molecule has 0 radical (unpaired) electrons. The molecule has 3 rings (SSSR count). The van der Waals surface area contributed by atoms with Gasteiger partial charge in [-0.05, 0) is 30.5 Å². The minimum absolute atomic E-state index is 0.0562. The second-order valence-electron chi connectivity index (χ2n) is 7.25. The third-order valence-corrected chi connectivity index (χ3v) is 7.18. The van der Waals surface area contributed by atoms with E-state index >= 15 is 0 Å². The van der Waals surface area contributed by atoms with Crippen molar-refractivity contribution in [3.8, 4) is 11.5 Å². The Bertz CT molecular complexity index is 809. The Labute approximate surface area is 171 Å². The van der Waals surface area contributed by atoms with E-state index in [1.54, 1.807) is 49.4 Å². The van der Waals surface area contributed by atoms with Crippen LogP contribution in [0.1, 0.15) is 30.9 Å². The number of nitrogens with one attached hydrogen (secondary N) is 1. The van der Waals surface area contributed by atoms with Crippen molar-refractivity contribution in [1.82, 2.24) is 14.7 Å². The molecule has 0 spiro atoms. The van der Waals surface area contributed by atoms with Crippen molar-refractivity contribution in [2.75, 3.05) is 47.5 Å². The molecule has 29 heavy (non-hydrogen) atoms. The van der Waals surface area contributed by atoms with Gasteiger partial charge in [-0.3, -0.25) is 9.63 Å². The van der Waals surface area contributed by atoms with Crippen molar-refractivity contribution in [2.24, 2.45) is 0 Å². The molecule has 0 aromatic heterocycles. The first-order chi connectivity index (χ1) is 13.9. The van der Waals surface area contributed by atoms with Gasteiger partial charge in [0.05, 0.1) is 26.9 Å². The smallest absolute Gasteiger partial charge is 0.222 e. The van der Waals surface area contributed by atoms with Gasteiger partial charge in [-0.2, -0.15) is 5.06 Å². The van der Waals surface area contributed by atoms with Crippen LogP contribution in [0.4, 0.5) is 0 Å². The van der Waals surface area contributed by atoms with Crippen LogP contribution in [-0.2, 0) is 19.7 Å². The summed E-state index contributed by atoms with van der Waals surface area (Å²) in [6.07, 6.45) is 2.04. The molecule has 1 aromatic carbocycles. The highest BCUT2D eigenvalue weighted by Crippen LogP contribution is 2.36. The maximum absolute atomic E-state index is 13.0. The minimum atomic E-state index is -3.64. The maximum atomic E-state index is 13.0. The number of sulfonamides is 1. The van der Waals surface area contributed by atoms with E-state index in [0.717, 1.165) is 18.5 Å². The van der Waals surface area contributed by atoms with Gasteiger partial charge in [0.25, 0.3) is 0 Å².